The minimum Gasteiger partial charge on any atom is -0.375 e. The molecular formula is C18H33NO. The quantitative estimate of drug-likeness (QED) is 0.811. The molecule has 1 N–H and O–H groups in total. The summed E-state index contributed by atoms with van der Waals surface area (Å²) in [5, 5.41) is 3.65. The third-order valence-electron chi connectivity index (χ3n) is 6.35. The van der Waals surface area contributed by atoms with Gasteiger partial charge >= 0.3 is 0 Å². The van der Waals surface area contributed by atoms with E-state index in [0.717, 1.165) is 24.5 Å². The van der Waals surface area contributed by atoms with Crippen molar-refractivity contribution in [1.82, 2.24) is 5.32 Å². The molecule has 1 heterocycles. The third-order valence-corrected chi connectivity index (χ3v) is 6.35. The Morgan fingerprint density at radius 3 is 2.55 bits per heavy atom. The molecule has 2 aliphatic carbocycles. The molecule has 1 aliphatic heterocycles. The Kier molecular flexibility index (Phi) is 5.04. The van der Waals surface area contributed by atoms with E-state index in [9.17, 15) is 0 Å². The van der Waals surface area contributed by atoms with Crippen molar-refractivity contribution in [3.8, 4) is 0 Å². The van der Waals surface area contributed by atoms with Crippen molar-refractivity contribution >= 4 is 0 Å². The summed E-state index contributed by atoms with van der Waals surface area (Å²) >= 11 is 0. The van der Waals surface area contributed by atoms with Gasteiger partial charge in [0.05, 0.1) is 5.60 Å². The zero-order valence-corrected chi connectivity index (χ0v) is 13.3. The van der Waals surface area contributed by atoms with Gasteiger partial charge in [0.15, 0.2) is 0 Å². The molecule has 0 amide bonds. The summed E-state index contributed by atoms with van der Waals surface area (Å²) in [6.07, 6.45) is 16.8. The van der Waals surface area contributed by atoms with Gasteiger partial charge in [0.2, 0.25) is 0 Å². The number of hydrogen-bond acceptors (Lipinski definition) is 2. The van der Waals surface area contributed by atoms with Gasteiger partial charge in [-0.2, -0.15) is 0 Å². The first-order chi connectivity index (χ1) is 9.81. The van der Waals surface area contributed by atoms with Crippen LogP contribution in [-0.4, -0.2) is 25.3 Å². The highest BCUT2D eigenvalue weighted by atomic mass is 16.5. The summed E-state index contributed by atoms with van der Waals surface area (Å²) in [6, 6.07) is 0.733. The zero-order chi connectivity index (χ0) is 13.8. The molecule has 3 rings (SSSR count). The van der Waals surface area contributed by atoms with Gasteiger partial charge in [-0.25, -0.2) is 0 Å². The average Bonchev–Trinajstić information content (AvgIpc) is 3.12. The molecule has 0 bridgehead atoms. The molecule has 1 spiro atoms. The molecule has 2 atom stereocenters. The largest absolute Gasteiger partial charge is 0.375 e. The van der Waals surface area contributed by atoms with Crippen molar-refractivity contribution in [3.63, 3.8) is 0 Å². The first-order valence-electron chi connectivity index (χ1n) is 9.12. The Hall–Kier alpha value is -0.0800. The third kappa shape index (κ3) is 3.39. The van der Waals surface area contributed by atoms with E-state index < -0.39 is 0 Å². The maximum absolute atomic E-state index is 6.20. The molecule has 2 unspecified atom stereocenters. The van der Waals surface area contributed by atoms with Gasteiger partial charge in [0.25, 0.3) is 0 Å². The molecular weight excluding hydrogens is 246 g/mol. The predicted molar refractivity (Wildman–Crippen MR) is 83.9 cm³/mol. The molecule has 116 valence electrons. The van der Waals surface area contributed by atoms with Crippen LogP contribution in [0.1, 0.15) is 77.0 Å². The van der Waals surface area contributed by atoms with E-state index >= 15 is 0 Å². The summed E-state index contributed by atoms with van der Waals surface area (Å²) in [5.41, 5.74) is 0.283. The lowest BCUT2D eigenvalue weighted by atomic mass is 9.78. The number of rotatable bonds is 5. The molecule has 2 nitrogen and oxygen atoms in total. The molecule has 20 heavy (non-hydrogen) atoms. The van der Waals surface area contributed by atoms with Crippen molar-refractivity contribution in [1.29, 1.82) is 0 Å². The Labute approximate surface area is 125 Å². The normalized spacial score (nSPS) is 31.9. The van der Waals surface area contributed by atoms with E-state index in [1.165, 1.54) is 77.0 Å². The van der Waals surface area contributed by atoms with Gasteiger partial charge in [-0.3, -0.25) is 0 Å². The van der Waals surface area contributed by atoms with E-state index in [4.69, 9.17) is 4.74 Å². The predicted octanol–water partition coefficient (Wildman–Crippen LogP) is 4.28. The SMILES string of the molecule is CNC(CCC1CCCC1)C1CCOC2(CCCC2)C1. The maximum Gasteiger partial charge on any atom is 0.0685 e. The molecule has 0 aromatic heterocycles. The first-order valence-corrected chi connectivity index (χ1v) is 9.12. The standard InChI is InChI=1S/C18H33NO/c1-19-17(9-8-15-6-2-3-7-15)16-10-13-20-18(14-16)11-4-5-12-18/h15-17,19H,2-14H2,1H3. The summed E-state index contributed by atoms with van der Waals surface area (Å²) < 4.78 is 6.20. The van der Waals surface area contributed by atoms with Crippen LogP contribution in [0.4, 0.5) is 0 Å². The van der Waals surface area contributed by atoms with Gasteiger partial charge < -0.3 is 10.1 Å². The fraction of sp³-hybridized carbons (Fsp3) is 1.00. The van der Waals surface area contributed by atoms with E-state index in [1.807, 2.05) is 0 Å². The fourth-order valence-corrected chi connectivity index (χ4v) is 5.11. The van der Waals surface area contributed by atoms with Crippen LogP contribution >= 0.6 is 0 Å². The molecule has 3 fully saturated rings. The molecule has 2 saturated carbocycles. The Balaban J connectivity index is 1.51. The Morgan fingerprint density at radius 1 is 1.10 bits per heavy atom. The molecule has 0 aromatic rings. The summed E-state index contributed by atoms with van der Waals surface area (Å²) in [6.45, 7) is 1.01. The summed E-state index contributed by atoms with van der Waals surface area (Å²) in [7, 11) is 2.18. The van der Waals surface area contributed by atoms with Gasteiger partial charge in [0.1, 0.15) is 0 Å². The van der Waals surface area contributed by atoms with Gasteiger partial charge in [0, 0.05) is 12.6 Å². The lowest BCUT2D eigenvalue weighted by molar-refractivity contribution is -0.0981. The van der Waals surface area contributed by atoms with E-state index in [1.54, 1.807) is 0 Å². The lowest BCUT2D eigenvalue weighted by Gasteiger charge is -2.41. The van der Waals surface area contributed by atoms with Crippen molar-refractivity contribution < 1.29 is 4.74 Å². The monoisotopic (exact) mass is 279 g/mol. The average molecular weight is 279 g/mol. The molecule has 1 saturated heterocycles. The van der Waals surface area contributed by atoms with Gasteiger partial charge in [-0.1, -0.05) is 38.5 Å². The van der Waals surface area contributed by atoms with Crippen LogP contribution in [0.25, 0.3) is 0 Å². The second-order valence-corrected chi connectivity index (χ2v) is 7.61. The number of nitrogens with one attached hydrogen (secondary N) is 1. The topological polar surface area (TPSA) is 21.3 Å². The van der Waals surface area contributed by atoms with Crippen LogP contribution in [0.15, 0.2) is 0 Å². The summed E-state index contributed by atoms with van der Waals surface area (Å²) in [4.78, 5) is 0. The van der Waals surface area contributed by atoms with Crippen molar-refractivity contribution in [2.45, 2.75) is 88.7 Å². The minimum absolute atomic E-state index is 0.283. The van der Waals surface area contributed by atoms with Crippen molar-refractivity contribution in [2.24, 2.45) is 11.8 Å². The van der Waals surface area contributed by atoms with Gasteiger partial charge in [-0.15, -0.1) is 0 Å². The molecule has 3 aliphatic rings. The van der Waals surface area contributed by atoms with Crippen LogP contribution in [-0.2, 0) is 4.74 Å². The Bertz CT molecular complexity index is 292. The number of hydrogen-bond donors (Lipinski definition) is 1. The van der Waals surface area contributed by atoms with E-state index in [0.29, 0.717) is 0 Å². The fourth-order valence-electron chi connectivity index (χ4n) is 5.11. The highest BCUT2D eigenvalue weighted by Crippen LogP contribution is 2.43. The molecule has 0 radical (unpaired) electrons. The van der Waals surface area contributed by atoms with Crippen molar-refractivity contribution in [2.75, 3.05) is 13.7 Å². The smallest absolute Gasteiger partial charge is 0.0685 e. The van der Waals surface area contributed by atoms with Crippen LogP contribution < -0.4 is 5.32 Å². The van der Waals surface area contributed by atoms with E-state index in [-0.39, 0.29) is 5.60 Å². The second-order valence-electron chi connectivity index (χ2n) is 7.61. The zero-order valence-electron chi connectivity index (χ0n) is 13.3. The summed E-state index contributed by atoms with van der Waals surface area (Å²) in [5.74, 6) is 1.89. The highest BCUT2D eigenvalue weighted by molar-refractivity contribution is 4.94. The van der Waals surface area contributed by atoms with Crippen LogP contribution in [0, 0.1) is 11.8 Å². The van der Waals surface area contributed by atoms with Gasteiger partial charge in [-0.05, 0) is 57.4 Å². The first kappa shape index (κ1) is 14.8. The van der Waals surface area contributed by atoms with Crippen LogP contribution in [0.2, 0.25) is 0 Å². The van der Waals surface area contributed by atoms with Crippen LogP contribution in [0.5, 0.6) is 0 Å². The highest BCUT2D eigenvalue weighted by Gasteiger charge is 2.41. The lowest BCUT2D eigenvalue weighted by Crippen LogP contribution is -2.45. The Morgan fingerprint density at radius 2 is 1.85 bits per heavy atom. The minimum atomic E-state index is 0.283. The maximum atomic E-state index is 6.20. The molecule has 2 heteroatoms. The second kappa shape index (κ2) is 6.79. The molecule has 0 aromatic carbocycles. The number of ether oxygens (including phenoxy) is 1. The van der Waals surface area contributed by atoms with E-state index in [2.05, 4.69) is 12.4 Å². The van der Waals surface area contributed by atoms with Crippen molar-refractivity contribution in [3.05, 3.63) is 0 Å². The van der Waals surface area contributed by atoms with Crippen LogP contribution in [0.3, 0.4) is 0 Å².